The Balaban J connectivity index is 1.60. The van der Waals surface area contributed by atoms with Crippen molar-refractivity contribution >= 4 is 15.9 Å². The van der Waals surface area contributed by atoms with Crippen LogP contribution in [0.25, 0.3) is 0 Å². The van der Waals surface area contributed by atoms with Gasteiger partial charge in [-0.05, 0) is 39.5 Å². The van der Waals surface area contributed by atoms with E-state index in [4.69, 9.17) is 4.52 Å². The van der Waals surface area contributed by atoms with Crippen LogP contribution < -0.4 is 4.72 Å². The summed E-state index contributed by atoms with van der Waals surface area (Å²) in [5.74, 6) is 1.00. The first kappa shape index (κ1) is 20.0. The van der Waals surface area contributed by atoms with Crippen molar-refractivity contribution in [2.45, 2.75) is 51.6 Å². The Labute approximate surface area is 169 Å². The van der Waals surface area contributed by atoms with Crippen LogP contribution in [0.4, 0.5) is 0 Å². The van der Waals surface area contributed by atoms with Crippen molar-refractivity contribution in [3.8, 4) is 0 Å². The molecule has 2 aromatic rings. The van der Waals surface area contributed by atoms with Crippen molar-refractivity contribution in [2.24, 2.45) is 5.92 Å². The summed E-state index contributed by atoms with van der Waals surface area (Å²) in [4.78, 5) is 19.3. The molecule has 2 fully saturated rings. The monoisotopic (exact) mass is 422 g/mol. The molecule has 10 nitrogen and oxygen atoms in total. The maximum Gasteiger partial charge on any atom is 0.257 e. The van der Waals surface area contributed by atoms with E-state index < -0.39 is 15.4 Å². The molecule has 1 aliphatic heterocycles. The lowest BCUT2D eigenvalue weighted by molar-refractivity contribution is 0.0773. The van der Waals surface area contributed by atoms with Gasteiger partial charge in [0.05, 0.1) is 22.9 Å². The van der Waals surface area contributed by atoms with Crippen molar-refractivity contribution in [2.75, 3.05) is 18.8 Å². The van der Waals surface area contributed by atoms with Gasteiger partial charge < -0.3 is 9.42 Å². The molecule has 1 saturated carbocycles. The summed E-state index contributed by atoms with van der Waals surface area (Å²) in [5.41, 5.74) is 0.00502. The largest absolute Gasteiger partial charge is 0.339 e. The number of hydrogen-bond donors (Lipinski definition) is 1. The third kappa shape index (κ3) is 3.57. The predicted molar refractivity (Wildman–Crippen MR) is 104 cm³/mol. The smallest absolute Gasteiger partial charge is 0.257 e. The molecule has 0 radical (unpaired) electrons. The number of rotatable bonds is 6. The molecule has 11 heteroatoms. The second kappa shape index (κ2) is 7.21. The number of amides is 1. The van der Waals surface area contributed by atoms with Crippen LogP contribution in [0.1, 0.15) is 48.8 Å². The fourth-order valence-electron chi connectivity index (χ4n) is 4.61. The molecular formula is C18H26N6O4S. The first-order valence-corrected chi connectivity index (χ1v) is 11.5. The van der Waals surface area contributed by atoms with E-state index in [0.29, 0.717) is 49.8 Å². The van der Waals surface area contributed by atoms with Crippen molar-refractivity contribution in [3.05, 3.63) is 29.7 Å². The summed E-state index contributed by atoms with van der Waals surface area (Å²) in [6.45, 7) is 6.96. The summed E-state index contributed by atoms with van der Waals surface area (Å²) in [6, 6.07) is -0.211. The molecule has 29 heavy (non-hydrogen) atoms. The zero-order valence-electron chi connectivity index (χ0n) is 16.8. The number of hydrogen-bond acceptors (Lipinski definition) is 7. The molecule has 158 valence electrons. The second-order valence-electron chi connectivity index (χ2n) is 7.93. The zero-order chi connectivity index (χ0) is 20.8. The number of aryl methyl sites for hydroxylation is 2. The Morgan fingerprint density at radius 2 is 2.21 bits per heavy atom. The quantitative estimate of drug-likeness (QED) is 0.727. The fraction of sp³-hybridized carbons (Fsp3) is 0.667. The van der Waals surface area contributed by atoms with E-state index in [0.717, 1.165) is 0 Å². The number of carbonyl (C=O) groups excluding carboxylic acids is 1. The van der Waals surface area contributed by atoms with Gasteiger partial charge in [0, 0.05) is 31.9 Å². The van der Waals surface area contributed by atoms with Crippen LogP contribution in [0.15, 0.2) is 16.9 Å². The van der Waals surface area contributed by atoms with Gasteiger partial charge in [-0.3, -0.25) is 9.48 Å². The van der Waals surface area contributed by atoms with Crippen LogP contribution in [0, 0.1) is 12.8 Å². The third-order valence-electron chi connectivity index (χ3n) is 6.05. The zero-order valence-corrected chi connectivity index (χ0v) is 17.6. The van der Waals surface area contributed by atoms with Gasteiger partial charge >= 0.3 is 0 Å². The number of nitrogens with one attached hydrogen (secondary N) is 1. The highest BCUT2D eigenvalue weighted by Gasteiger charge is 2.58. The van der Waals surface area contributed by atoms with E-state index >= 15 is 0 Å². The van der Waals surface area contributed by atoms with Crippen LogP contribution in [-0.4, -0.2) is 64.0 Å². The SMILES string of the molecule is CCn1cc(C(=O)N2C[C@@H]3C[C@@H](NS(=O)(=O)CC)C[C@]3(c3nc(C)no3)C2)cn1. The maximum atomic E-state index is 13.0. The van der Waals surface area contributed by atoms with Crippen molar-refractivity contribution < 1.29 is 17.7 Å². The van der Waals surface area contributed by atoms with Crippen LogP contribution >= 0.6 is 0 Å². The minimum absolute atomic E-state index is 0.0346. The second-order valence-corrected chi connectivity index (χ2v) is 9.97. The molecule has 3 atom stereocenters. The number of sulfonamides is 1. The average Bonchev–Trinajstić information content (AvgIpc) is 3.43. The molecule has 1 aliphatic carbocycles. The summed E-state index contributed by atoms with van der Waals surface area (Å²) in [5, 5.41) is 8.12. The Hall–Kier alpha value is -2.27. The lowest BCUT2D eigenvalue weighted by atomic mass is 9.80. The average molecular weight is 423 g/mol. The molecule has 0 spiro atoms. The van der Waals surface area contributed by atoms with Gasteiger partial charge in [-0.1, -0.05) is 5.16 Å². The minimum atomic E-state index is -3.32. The molecule has 1 N–H and O–H groups in total. The number of fused-ring (bicyclic) bond motifs is 1. The molecule has 4 rings (SSSR count). The van der Waals surface area contributed by atoms with Crippen molar-refractivity contribution in [1.29, 1.82) is 0 Å². The summed E-state index contributed by atoms with van der Waals surface area (Å²) < 4.78 is 34.2. The highest BCUT2D eigenvalue weighted by Crippen LogP contribution is 2.50. The van der Waals surface area contributed by atoms with E-state index in [1.165, 1.54) is 0 Å². The van der Waals surface area contributed by atoms with Gasteiger partial charge in [-0.2, -0.15) is 10.1 Å². The van der Waals surface area contributed by atoms with Crippen LogP contribution in [0.2, 0.25) is 0 Å². The fourth-order valence-corrected chi connectivity index (χ4v) is 5.47. The number of likely N-dealkylation sites (tertiary alicyclic amines) is 1. The molecule has 0 aromatic carbocycles. The first-order chi connectivity index (χ1) is 13.8. The Bertz CT molecular complexity index is 1020. The number of aromatic nitrogens is 4. The van der Waals surface area contributed by atoms with Gasteiger partial charge in [0.15, 0.2) is 5.82 Å². The first-order valence-electron chi connectivity index (χ1n) is 9.89. The Morgan fingerprint density at radius 3 is 2.83 bits per heavy atom. The number of carbonyl (C=O) groups is 1. The molecule has 0 bridgehead atoms. The van der Waals surface area contributed by atoms with Gasteiger partial charge in [0.25, 0.3) is 5.91 Å². The topological polar surface area (TPSA) is 123 Å². The maximum absolute atomic E-state index is 13.0. The van der Waals surface area contributed by atoms with Gasteiger partial charge in [-0.25, -0.2) is 13.1 Å². The lowest BCUT2D eigenvalue weighted by Gasteiger charge is -2.25. The van der Waals surface area contributed by atoms with Gasteiger partial charge in [0.2, 0.25) is 15.9 Å². The van der Waals surface area contributed by atoms with E-state index in [1.54, 1.807) is 35.8 Å². The van der Waals surface area contributed by atoms with Crippen LogP contribution in [-0.2, 0) is 22.0 Å². The molecule has 1 saturated heterocycles. The minimum Gasteiger partial charge on any atom is -0.339 e. The molecule has 2 aliphatic rings. The highest BCUT2D eigenvalue weighted by molar-refractivity contribution is 7.89. The van der Waals surface area contributed by atoms with Crippen LogP contribution in [0.5, 0.6) is 0 Å². The van der Waals surface area contributed by atoms with Crippen molar-refractivity contribution in [3.63, 3.8) is 0 Å². The number of nitrogens with zero attached hydrogens (tertiary/aromatic N) is 5. The van der Waals surface area contributed by atoms with Gasteiger partial charge in [-0.15, -0.1) is 0 Å². The molecule has 2 aromatic heterocycles. The van der Waals surface area contributed by atoms with E-state index in [9.17, 15) is 13.2 Å². The van der Waals surface area contributed by atoms with Crippen molar-refractivity contribution in [1.82, 2.24) is 29.5 Å². The summed E-state index contributed by atoms with van der Waals surface area (Å²) in [6.07, 6.45) is 4.48. The predicted octanol–water partition coefficient (Wildman–Crippen LogP) is 0.706. The molecule has 1 amide bonds. The molecule has 0 unspecified atom stereocenters. The van der Waals surface area contributed by atoms with E-state index in [2.05, 4.69) is 20.0 Å². The van der Waals surface area contributed by atoms with E-state index in [-0.39, 0.29) is 23.6 Å². The Morgan fingerprint density at radius 1 is 1.41 bits per heavy atom. The Kier molecular flexibility index (Phi) is 4.97. The summed E-state index contributed by atoms with van der Waals surface area (Å²) >= 11 is 0. The normalized spacial score (nSPS) is 26.8. The summed E-state index contributed by atoms with van der Waals surface area (Å²) in [7, 11) is -3.32. The molecular weight excluding hydrogens is 396 g/mol. The lowest BCUT2D eigenvalue weighted by Crippen LogP contribution is -2.39. The van der Waals surface area contributed by atoms with Crippen LogP contribution in [0.3, 0.4) is 0 Å². The molecule has 3 heterocycles. The standard InChI is InChI=1S/C18H26N6O4S/c1-4-24-9-13(8-19-24)16(25)23-10-14-6-15(22-29(26,27)5-2)7-18(14,11-23)17-20-12(3)21-28-17/h8-9,14-15,22H,4-7,10-11H2,1-3H3/t14-,15+,18-/m0/s1. The highest BCUT2D eigenvalue weighted by atomic mass is 32.2. The van der Waals surface area contributed by atoms with E-state index in [1.807, 2.05) is 6.92 Å². The van der Waals surface area contributed by atoms with Gasteiger partial charge in [0.1, 0.15) is 0 Å². The third-order valence-corrected chi connectivity index (χ3v) is 7.50.